The third kappa shape index (κ3) is 6.36. The fraction of sp³-hybridized carbons (Fsp3) is 0.214. The summed E-state index contributed by atoms with van der Waals surface area (Å²) in [5.74, 6) is 0.484. The number of esters is 1. The average molecular weight is 599 g/mol. The highest BCUT2D eigenvalue weighted by Gasteiger charge is 2.24. The van der Waals surface area contributed by atoms with Crippen LogP contribution in [0.3, 0.4) is 0 Å². The lowest BCUT2D eigenvalue weighted by Gasteiger charge is -2.14. The van der Waals surface area contributed by atoms with E-state index in [1.165, 1.54) is 63.7 Å². The Morgan fingerprint density at radius 3 is 2.32 bits per heavy atom. The quantitative estimate of drug-likeness (QED) is 0.128. The van der Waals surface area contributed by atoms with E-state index in [2.05, 4.69) is 22.1 Å². The number of hydrogen-bond donors (Lipinski definition) is 1. The molecule has 0 aliphatic heterocycles. The highest BCUT2D eigenvalue weighted by Crippen LogP contribution is 2.41. The molecule has 1 amide bonds. The number of nitrogens with zero attached hydrogens (tertiary/aromatic N) is 3. The van der Waals surface area contributed by atoms with E-state index in [-0.39, 0.29) is 17.2 Å². The van der Waals surface area contributed by atoms with Gasteiger partial charge in [-0.05, 0) is 29.8 Å². The molecule has 0 saturated carbocycles. The number of methoxy groups -OCH3 is 4. The summed E-state index contributed by atoms with van der Waals surface area (Å²) in [7, 11) is 5.83. The number of halogens is 1. The summed E-state index contributed by atoms with van der Waals surface area (Å²) in [5.41, 5.74) is 2.02. The van der Waals surface area contributed by atoms with Crippen molar-refractivity contribution in [2.75, 3.05) is 39.5 Å². The highest BCUT2D eigenvalue weighted by atomic mass is 32.2. The van der Waals surface area contributed by atoms with Crippen LogP contribution < -0.4 is 19.5 Å². The molecule has 2 aromatic carbocycles. The molecule has 0 saturated heterocycles. The zero-order valence-corrected chi connectivity index (χ0v) is 24.4. The zero-order chi connectivity index (χ0) is 29.5. The lowest BCUT2D eigenvalue weighted by molar-refractivity contribution is -0.113. The number of thioether (sulfide) groups is 1. The monoisotopic (exact) mass is 598 g/mol. The maximum atomic E-state index is 13.4. The van der Waals surface area contributed by atoms with Gasteiger partial charge in [0.1, 0.15) is 16.4 Å². The third-order valence-electron chi connectivity index (χ3n) is 5.87. The number of carbonyl (C=O) groups is 2. The van der Waals surface area contributed by atoms with Gasteiger partial charge in [0.2, 0.25) is 11.7 Å². The number of rotatable bonds is 12. The summed E-state index contributed by atoms with van der Waals surface area (Å²) >= 11 is 2.35. The van der Waals surface area contributed by atoms with E-state index in [4.69, 9.17) is 18.9 Å². The van der Waals surface area contributed by atoms with E-state index in [9.17, 15) is 14.0 Å². The van der Waals surface area contributed by atoms with Gasteiger partial charge in [0.05, 0.1) is 34.2 Å². The molecule has 1 N–H and O–H groups in total. The van der Waals surface area contributed by atoms with Gasteiger partial charge < -0.3 is 24.3 Å². The molecular formula is C28H27FN4O6S2. The van der Waals surface area contributed by atoms with Crippen LogP contribution in [0.2, 0.25) is 0 Å². The van der Waals surface area contributed by atoms with Crippen LogP contribution in [-0.2, 0) is 16.1 Å². The minimum atomic E-state index is -0.616. The van der Waals surface area contributed by atoms with Crippen molar-refractivity contribution in [1.29, 1.82) is 0 Å². The number of anilines is 1. The minimum Gasteiger partial charge on any atom is -0.493 e. The Bertz CT molecular complexity index is 1540. The molecule has 2 heterocycles. The molecule has 10 nitrogen and oxygen atoms in total. The Hall–Kier alpha value is -4.36. The molecule has 214 valence electrons. The van der Waals surface area contributed by atoms with Crippen LogP contribution in [0.15, 0.2) is 59.6 Å². The van der Waals surface area contributed by atoms with Crippen LogP contribution in [0.5, 0.6) is 17.2 Å². The van der Waals surface area contributed by atoms with Gasteiger partial charge in [0.15, 0.2) is 22.5 Å². The lowest BCUT2D eigenvalue weighted by atomic mass is 10.0. The Morgan fingerprint density at radius 1 is 1.05 bits per heavy atom. The van der Waals surface area contributed by atoms with E-state index < -0.39 is 11.8 Å². The second-order valence-corrected chi connectivity index (χ2v) is 10.1. The number of ether oxygens (including phenoxy) is 4. The first-order valence-corrected chi connectivity index (χ1v) is 13.9. The number of aromatic nitrogens is 3. The van der Waals surface area contributed by atoms with Gasteiger partial charge in [-0.15, -0.1) is 28.1 Å². The molecule has 0 radical (unpaired) electrons. The zero-order valence-electron chi connectivity index (χ0n) is 22.7. The molecule has 0 atom stereocenters. The predicted octanol–water partition coefficient (Wildman–Crippen LogP) is 5.54. The predicted molar refractivity (Wildman–Crippen MR) is 156 cm³/mol. The fourth-order valence-corrected chi connectivity index (χ4v) is 5.72. The second-order valence-electron chi connectivity index (χ2n) is 8.31. The normalized spacial score (nSPS) is 10.7. The largest absolute Gasteiger partial charge is 0.493 e. The van der Waals surface area contributed by atoms with Crippen LogP contribution in [0, 0.1) is 5.82 Å². The van der Waals surface area contributed by atoms with Crippen molar-refractivity contribution in [2.24, 2.45) is 0 Å². The molecule has 13 heteroatoms. The summed E-state index contributed by atoms with van der Waals surface area (Å²) < 4.78 is 36.5. The first-order chi connectivity index (χ1) is 19.8. The van der Waals surface area contributed by atoms with Gasteiger partial charge in [-0.3, -0.25) is 9.36 Å². The molecule has 41 heavy (non-hydrogen) atoms. The summed E-state index contributed by atoms with van der Waals surface area (Å²) in [6, 6.07) is 9.24. The number of hydrogen-bond acceptors (Lipinski definition) is 10. The van der Waals surface area contributed by atoms with Gasteiger partial charge in [0.25, 0.3) is 0 Å². The second kappa shape index (κ2) is 13.3. The molecule has 0 bridgehead atoms. The molecule has 0 unspecified atom stereocenters. The van der Waals surface area contributed by atoms with Gasteiger partial charge in [-0.2, -0.15) is 0 Å². The molecule has 0 fully saturated rings. The minimum absolute atomic E-state index is 0.0189. The molecule has 4 rings (SSSR count). The summed E-state index contributed by atoms with van der Waals surface area (Å²) in [5, 5.41) is 13.9. The highest BCUT2D eigenvalue weighted by molar-refractivity contribution is 7.99. The van der Waals surface area contributed by atoms with Crippen molar-refractivity contribution in [3.63, 3.8) is 0 Å². The van der Waals surface area contributed by atoms with Gasteiger partial charge >= 0.3 is 5.97 Å². The standard InChI is InChI=1S/C28H27FN4O6S2/c1-6-11-33-25(17-12-20(36-2)24(38-4)21(13-17)37-3)31-32-28(33)41-15-22(34)30-26-23(27(35)39-5)19(14-40-26)16-7-9-18(29)10-8-16/h6-10,12-14H,1,11,15H2,2-5H3,(H,30,34). The summed E-state index contributed by atoms with van der Waals surface area (Å²) in [6.45, 7) is 4.20. The molecule has 2 aromatic heterocycles. The van der Waals surface area contributed by atoms with Crippen molar-refractivity contribution in [1.82, 2.24) is 14.8 Å². The maximum Gasteiger partial charge on any atom is 0.341 e. The Kier molecular flexibility index (Phi) is 9.63. The van der Waals surface area contributed by atoms with Crippen molar-refractivity contribution < 1.29 is 32.9 Å². The number of thiophene rings is 1. The summed E-state index contributed by atoms with van der Waals surface area (Å²) in [4.78, 5) is 25.6. The first-order valence-electron chi connectivity index (χ1n) is 12.1. The Balaban J connectivity index is 1.56. The van der Waals surface area contributed by atoms with Crippen LogP contribution in [0.4, 0.5) is 9.39 Å². The number of benzene rings is 2. The van der Waals surface area contributed by atoms with E-state index >= 15 is 0 Å². The van der Waals surface area contributed by atoms with Gasteiger partial charge in [-0.1, -0.05) is 30.0 Å². The van der Waals surface area contributed by atoms with Crippen LogP contribution in [0.25, 0.3) is 22.5 Å². The third-order valence-corrected chi connectivity index (χ3v) is 7.73. The number of amides is 1. The van der Waals surface area contributed by atoms with Crippen molar-refractivity contribution in [2.45, 2.75) is 11.7 Å². The molecule has 4 aromatic rings. The van der Waals surface area contributed by atoms with Crippen molar-refractivity contribution in [3.8, 4) is 39.8 Å². The van der Waals surface area contributed by atoms with E-state index in [1.54, 1.807) is 35.7 Å². The molecule has 0 spiro atoms. The Labute approximate surface area is 244 Å². The van der Waals surface area contributed by atoms with Crippen LogP contribution in [0.1, 0.15) is 10.4 Å². The molecular weight excluding hydrogens is 571 g/mol. The van der Waals surface area contributed by atoms with E-state index in [1.807, 2.05) is 4.57 Å². The number of nitrogens with one attached hydrogen (secondary N) is 1. The van der Waals surface area contributed by atoms with Crippen LogP contribution in [-0.4, -0.2) is 60.8 Å². The molecule has 0 aliphatic rings. The lowest BCUT2D eigenvalue weighted by Crippen LogP contribution is -2.16. The van der Waals surface area contributed by atoms with Crippen molar-refractivity contribution >= 4 is 40.0 Å². The first kappa shape index (κ1) is 29.6. The van der Waals surface area contributed by atoms with Gasteiger partial charge in [0, 0.05) is 23.1 Å². The smallest absolute Gasteiger partial charge is 0.341 e. The average Bonchev–Trinajstić information content (AvgIpc) is 3.59. The van der Waals surface area contributed by atoms with E-state index in [0.29, 0.717) is 56.5 Å². The van der Waals surface area contributed by atoms with E-state index in [0.717, 1.165) is 0 Å². The maximum absolute atomic E-state index is 13.4. The fourth-order valence-electron chi connectivity index (χ4n) is 4.00. The Morgan fingerprint density at radius 2 is 1.73 bits per heavy atom. The van der Waals surface area contributed by atoms with Gasteiger partial charge in [-0.25, -0.2) is 9.18 Å². The van der Waals surface area contributed by atoms with Crippen molar-refractivity contribution in [3.05, 3.63) is 65.8 Å². The topological polar surface area (TPSA) is 114 Å². The number of carbonyl (C=O) groups excluding carboxylic acids is 2. The van der Waals surface area contributed by atoms with Crippen LogP contribution >= 0.6 is 23.1 Å². The SMILES string of the molecule is C=CCn1c(SCC(=O)Nc2scc(-c3ccc(F)cc3)c2C(=O)OC)nnc1-c1cc(OC)c(OC)c(OC)c1. The number of allylic oxidation sites excluding steroid dienone is 1. The molecule has 0 aliphatic carbocycles. The summed E-state index contributed by atoms with van der Waals surface area (Å²) in [6.07, 6.45) is 1.69.